The van der Waals surface area contributed by atoms with Gasteiger partial charge in [-0.25, -0.2) is 8.42 Å². The Kier molecular flexibility index (Phi) is 6.41. The van der Waals surface area contributed by atoms with Gasteiger partial charge >= 0.3 is 0 Å². The van der Waals surface area contributed by atoms with Gasteiger partial charge in [0.05, 0.1) is 4.90 Å². The second-order valence-corrected chi connectivity index (χ2v) is 8.58. The van der Waals surface area contributed by atoms with Crippen molar-refractivity contribution in [1.82, 2.24) is 9.21 Å². The van der Waals surface area contributed by atoms with Crippen molar-refractivity contribution < 1.29 is 18.0 Å². The zero-order valence-corrected chi connectivity index (χ0v) is 16.4. The smallest absolute Gasteiger partial charge is 0.254 e. The van der Waals surface area contributed by atoms with Crippen molar-refractivity contribution >= 4 is 21.8 Å². The first kappa shape index (κ1) is 20.4. The molecule has 0 saturated carbocycles. The maximum Gasteiger partial charge on any atom is 0.254 e. The molecule has 0 spiro atoms. The summed E-state index contributed by atoms with van der Waals surface area (Å²) < 4.78 is 26.8. The zero-order chi connectivity index (χ0) is 19.5. The van der Waals surface area contributed by atoms with E-state index in [4.69, 9.17) is 5.73 Å². The number of hydrogen-bond donors (Lipinski definition) is 1. The van der Waals surface area contributed by atoms with Gasteiger partial charge < -0.3 is 10.6 Å². The summed E-state index contributed by atoms with van der Waals surface area (Å²) in [5.74, 6) is -0.502. The standard InChI is InChI=1S/C18H27N3O4S/c1-4-21(5-2)26(24,25)15-7-6-13(3)16(11-15)18(23)20-9-8-14(12-20)10-17(19)22/h6-7,11,14H,4-5,8-10,12H2,1-3H3,(H2,19,22). The molecule has 1 unspecified atom stereocenters. The average molecular weight is 381 g/mol. The average Bonchev–Trinajstić information content (AvgIpc) is 3.03. The molecule has 1 aliphatic rings. The molecule has 0 aliphatic carbocycles. The third-order valence-corrected chi connectivity index (χ3v) is 6.89. The van der Waals surface area contributed by atoms with E-state index in [2.05, 4.69) is 0 Å². The molecular weight excluding hydrogens is 354 g/mol. The first-order valence-electron chi connectivity index (χ1n) is 8.89. The summed E-state index contributed by atoms with van der Waals surface area (Å²) in [6.07, 6.45) is 0.990. The van der Waals surface area contributed by atoms with Gasteiger partial charge in [-0.1, -0.05) is 19.9 Å². The van der Waals surface area contributed by atoms with Crippen LogP contribution in [-0.4, -0.2) is 55.6 Å². The van der Waals surface area contributed by atoms with Crippen LogP contribution in [0.15, 0.2) is 23.1 Å². The van der Waals surface area contributed by atoms with Gasteiger partial charge in [-0.05, 0) is 37.0 Å². The highest BCUT2D eigenvalue weighted by Crippen LogP contribution is 2.25. The monoisotopic (exact) mass is 381 g/mol. The van der Waals surface area contributed by atoms with E-state index in [9.17, 15) is 18.0 Å². The van der Waals surface area contributed by atoms with E-state index >= 15 is 0 Å². The molecule has 0 aromatic heterocycles. The first-order chi connectivity index (χ1) is 12.2. The molecule has 0 bridgehead atoms. The Hall–Kier alpha value is -1.93. The fraction of sp³-hybridized carbons (Fsp3) is 0.556. The number of rotatable bonds is 7. The van der Waals surface area contributed by atoms with Crippen LogP contribution in [0.2, 0.25) is 0 Å². The zero-order valence-electron chi connectivity index (χ0n) is 15.6. The Balaban J connectivity index is 2.28. The molecular formula is C18H27N3O4S. The lowest BCUT2D eigenvalue weighted by Gasteiger charge is -2.21. The van der Waals surface area contributed by atoms with E-state index < -0.39 is 10.0 Å². The summed E-state index contributed by atoms with van der Waals surface area (Å²) in [7, 11) is -3.62. The summed E-state index contributed by atoms with van der Waals surface area (Å²) >= 11 is 0. The van der Waals surface area contributed by atoms with E-state index in [-0.39, 0.29) is 29.0 Å². The van der Waals surface area contributed by atoms with Crippen LogP contribution in [0.5, 0.6) is 0 Å². The Labute approximate surface area is 155 Å². The highest BCUT2D eigenvalue weighted by atomic mass is 32.2. The maximum absolute atomic E-state index is 12.9. The number of carbonyl (C=O) groups excluding carboxylic acids is 2. The van der Waals surface area contributed by atoms with Crippen LogP contribution in [0.3, 0.4) is 0 Å². The molecule has 144 valence electrons. The van der Waals surface area contributed by atoms with E-state index in [0.717, 1.165) is 12.0 Å². The molecule has 1 atom stereocenters. The Bertz CT molecular complexity index is 788. The molecule has 1 aromatic rings. The number of sulfonamides is 1. The molecule has 1 aliphatic heterocycles. The van der Waals surface area contributed by atoms with Crippen molar-refractivity contribution in [2.45, 2.75) is 38.5 Å². The molecule has 7 nitrogen and oxygen atoms in total. The van der Waals surface area contributed by atoms with E-state index in [1.807, 2.05) is 0 Å². The van der Waals surface area contributed by atoms with Gasteiger partial charge in [-0.3, -0.25) is 9.59 Å². The summed E-state index contributed by atoms with van der Waals surface area (Å²) in [5.41, 5.74) is 6.35. The van der Waals surface area contributed by atoms with Crippen molar-refractivity contribution in [2.75, 3.05) is 26.2 Å². The Morgan fingerprint density at radius 2 is 1.92 bits per heavy atom. The van der Waals surface area contributed by atoms with Gasteiger partial charge in [0.1, 0.15) is 0 Å². The third kappa shape index (κ3) is 4.24. The molecule has 0 radical (unpaired) electrons. The fourth-order valence-corrected chi connectivity index (χ4v) is 4.83. The minimum atomic E-state index is -3.62. The quantitative estimate of drug-likeness (QED) is 0.770. The van der Waals surface area contributed by atoms with Gasteiger partial charge in [0, 0.05) is 38.2 Å². The summed E-state index contributed by atoms with van der Waals surface area (Å²) in [5, 5.41) is 0. The maximum atomic E-state index is 12.9. The molecule has 2 amide bonds. The molecule has 1 fully saturated rings. The largest absolute Gasteiger partial charge is 0.370 e. The van der Waals surface area contributed by atoms with Crippen molar-refractivity contribution in [3.63, 3.8) is 0 Å². The molecule has 2 rings (SSSR count). The van der Waals surface area contributed by atoms with Gasteiger partial charge in [-0.2, -0.15) is 4.31 Å². The SMILES string of the molecule is CCN(CC)S(=O)(=O)c1ccc(C)c(C(=O)N2CCC(CC(N)=O)C2)c1. The van der Waals surface area contributed by atoms with Gasteiger partial charge in [-0.15, -0.1) is 0 Å². The lowest BCUT2D eigenvalue weighted by Crippen LogP contribution is -2.32. The normalized spacial score (nSPS) is 17.7. The minimum absolute atomic E-state index is 0.0688. The van der Waals surface area contributed by atoms with Gasteiger partial charge in [0.15, 0.2) is 0 Å². The van der Waals surface area contributed by atoms with Crippen molar-refractivity contribution in [2.24, 2.45) is 11.7 Å². The van der Waals surface area contributed by atoms with E-state index in [1.165, 1.54) is 10.4 Å². The van der Waals surface area contributed by atoms with Crippen LogP contribution in [0, 0.1) is 12.8 Å². The van der Waals surface area contributed by atoms with Crippen LogP contribution < -0.4 is 5.73 Å². The van der Waals surface area contributed by atoms with Crippen LogP contribution in [0.25, 0.3) is 0 Å². The lowest BCUT2D eigenvalue weighted by molar-refractivity contribution is -0.118. The number of benzene rings is 1. The van der Waals surface area contributed by atoms with Crippen LogP contribution >= 0.6 is 0 Å². The highest BCUT2D eigenvalue weighted by molar-refractivity contribution is 7.89. The molecule has 1 aromatic carbocycles. The minimum Gasteiger partial charge on any atom is -0.370 e. The predicted molar refractivity (Wildman–Crippen MR) is 99.1 cm³/mol. The highest BCUT2D eigenvalue weighted by Gasteiger charge is 2.30. The fourth-order valence-electron chi connectivity index (χ4n) is 3.34. The van der Waals surface area contributed by atoms with Crippen LogP contribution in [0.1, 0.15) is 42.6 Å². The number of carbonyl (C=O) groups is 2. The Morgan fingerprint density at radius 1 is 1.27 bits per heavy atom. The summed E-state index contributed by atoms with van der Waals surface area (Å²) in [6, 6.07) is 4.67. The van der Waals surface area contributed by atoms with E-state index in [1.54, 1.807) is 37.8 Å². The van der Waals surface area contributed by atoms with Gasteiger partial charge in [0.2, 0.25) is 15.9 Å². The predicted octanol–water partition coefficient (Wildman–Crippen LogP) is 1.36. The lowest BCUT2D eigenvalue weighted by atomic mass is 10.0. The number of nitrogens with two attached hydrogens (primary N) is 1. The number of aryl methyl sites for hydroxylation is 1. The number of nitrogens with zero attached hydrogens (tertiary/aromatic N) is 2. The Morgan fingerprint density at radius 3 is 2.50 bits per heavy atom. The first-order valence-corrected chi connectivity index (χ1v) is 10.3. The van der Waals surface area contributed by atoms with Crippen LogP contribution in [0.4, 0.5) is 0 Å². The number of likely N-dealkylation sites (tertiary alicyclic amines) is 1. The van der Waals surface area contributed by atoms with E-state index in [0.29, 0.717) is 31.7 Å². The summed E-state index contributed by atoms with van der Waals surface area (Å²) in [4.78, 5) is 25.8. The number of amides is 2. The van der Waals surface area contributed by atoms with Crippen molar-refractivity contribution in [3.8, 4) is 0 Å². The third-order valence-electron chi connectivity index (χ3n) is 4.85. The topological polar surface area (TPSA) is 101 Å². The summed E-state index contributed by atoms with van der Waals surface area (Å²) in [6.45, 7) is 7.11. The second kappa shape index (κ2) is 8.18. The van der Waals surface area contributed by atoms with Crippen molar-refractivity contribution in [3.05, 3.63) is 29.3 Å². The molecule has 1 heterocycles. The number of hydrogen-bond acceptors (Lipinski definition) is 4. The molecule has 2 N–H and O–H groups in total. The number of primary amides is 1. The van der Waals surface area contributed by atoms with Crippen LogP contribution in [-0.2, 0) is 14.8 Å². The van der Waals surface area contributed by atoms with Gasteiger partial charge in [0.25, 0.3) is 5.91 Å². The second-order valence-electron chi connectivity index (χ2n) is 6.64. The van der Waals surface area contributed by atoms with Crippen molar-refractivity contribution in [1.29, 1.82) is 0 Å². The molecule has 26 heavy (non-hydrogen) atoms. The molecule has 1 saturated heterocycles. The molecule has 8 heteroatoms.